The standard InChI is InChI=1S/C20H25N3O2/c24-19(18-7-2-1-3-8-18)9-4-10-20(25)23-12-5-6-17(15-23)14-22-13-11-21-16-22/h1-3,7-8,11,13,16-17H,4-6,9-10,12,14-15H2. The summed E-state index contributed by atoms with van der Waals surface area (Å²) in [5, 5.41) is 0. The number of Topliss-reactive ketones (excluding diaryl/α,β-unsaturated/α-hetero) is 1. The van der Waals surface area contributed by atoms with Gasteiger partial charge in [-0.3, -0.25) is 9.59 Å². The molecule has 1 amide bonds. The number of likely N-dealkylation sites (tertiary alicyclic amines) is 1. The van der Waals surface area contributed by atoms with Crippen molar-refractivity contribution in [2.45, 2.75) is 38.6 Å². The minimum Gasteiger partial charge on any atom is -0.342 e. The maximum atomic E-state index is 12.5. The van der Waals surface area contributed by atoms with Crippen LogP contribution in [0.1, 0.15) is 42.5 Å². The number of amides is 1. The molecule has 0 aliphatic carbocycles. The summed E-state index contributed by atoms with van der Waals surface area (Å²) in [7, 11) is 0. The van der Waals surface area contributed by atoms with Crippen LogP contribution < -0.4 is 0 Å². The van der Waals surface area contributed by atoms with Crippen molar-refractivity contribution < 1.29 is 9.59 Å². The molecule has 5 nitrogen and oxygen atoms in total. The van der Waals surface area contributed by atoms with E-state index in [0.29, 0.717) is 25.2 Å². The summed E-state index contributed by atoms with van der Waals surface area (Å²) in [6.07, 6.45) is 9.29. The van der Waals surface area contributed by atoms with Gasteiger partial charge in [-0.15, -0.1) is 0 Å². The zero-order valence-corrected chi connectivity index (χ0v) is 14.5. The fraction of sp³-hybridized carbons (Fsp3) is 0.450. The molecule has 0 spiro atoms. The number of rotatable bonds is 7. The Bertz CT molecular complexity index is 682. The van der Waals surface area contributed by atoms with Crippen LogP contribution in [0.3, 0.4) is 0 Å². The molecule has 3 rings (SSSR count). The molecule has 1 fully saturated rings. The molecule has 1 aliphatic rings. The molecule has 0 radical (unpaired) electrons. The van der Waals surface area contributed by atoms with Crippen LogP contribution in [-0.2, 0) is 11.3 Å². The molecule has 2 heterocycles. The maximum Gasteiger partial charge on any atom is 0.222 e. The van der Waals surface area contributed by atoms with Crippen LogP contribution in [0.4, 0.5) is 0 Å². The van der Waals surface area contributed by atoms with E-state index < -0.39 is 0 Å². The molecule has 1 aromatic carbocycles. The first-order valence-corrected chi connectivity index (χ1v) is 9.04. The van der Waals surface area contributed by atoms with Crippen LogP contribution >= 0.6 is 0 Å². The molecule has 1 atom stereocenters. The lowest BCUT2D eigenvalue weighted by molar-refractivity contribution is -0.133. The van der Waals surface area contributed by atoms with Crippen LogP contribution in [0.25, 0.3) is 0 Å². The van der Waals surface area contributed by atoms with Crippen LogP contribution in [0, 0.1) is 5.92 Å². The Labute approximate surface area is 148 Å². The molecular weight excluding hydrogens is 314 g/mol. The minimum absolute atomic E-state index is 0.116. The second-order valence-electron chi connectivity index (χ2n) is 6.75. The van der Waals surface area contributed by atoms with Crippen molar-refractivity contribution in [2.24, 2.45) is 5.92 Å². The highest BCUT2D eigenvalue weighted by molar-refractivity contribution is 5.96. The van der Waals surface area contributed by atoms with Gasteiger partial charge in [0.25, 0.3) is 0 Å². The highest BCUT2D eigenvalue weighted by atomic mass is 16.2. The Morgan fingerprint density at radius 3 is 2.76 bits per heavy atom. The quantitative estimate of drug-likeness (QED) is 0.728. The Kier molecular flexibility index (Phi) is 5.99. The van der Waals surface area contributed by atoms with E-state index in [2.05, 4.69) is 9.55 Å². The van der Waals surface area contributed by atoms with E-state index in [1.165, 1.54) is 0 Å². The number of benzene rings is 1. The predicted molar refractivity (Wildman–Crippen MR) is 96.2 cm³/mol. The van der Waals surface area contributed by atoms with Gasteiger partial charge < -0.3 is 9.47 Å². The Balaban J connectivity index is 1.42. The monoisotopic (exact) mass is 339 g/mol. The molecule has 1 saturated heterocycles. The number of carbonyl (C=O) groups is 2. The predicted octanol–water partition coefficient (Wildman–Crippen LogP) is 3.17. The number of hydrogen-bond acceptors (Lipinski definition) is 3. The van der Waals surface area contributed by atoms with Crippen molar-refractivity contribution in [3.63, 3.8) is 0 Å². The molecule has 0 bridgehead atoms. The van der Waals surface area contributed by atoms with Crippen molar-refractivity contribution in [2.75, 3.05) is 13.1 Å². The van der Waals surface area contributed by atoms with Gasteiger partial charge >= 0.3 is 0 Å². The van der Waals surface area contributed by atoms with E-state index in [9.17, 15) is 9.59 Å². The van der Waals surface area contributed by atoms with E-state index >= 15 is 0 Å². The fourth-order valence-corrected chi connectivity index (χ4v) is 3.46. The van der Waals surface area contributed by atoms with Gasteiger partial charge in [0.1, 0.15) is 0 Å². The third-order valence-corrected chi connectivity index (χ3v) is 4.79. The van der Waals surface area contributed by atoms with Gasteiger partial charge in [-0.25, -0.2) is 4.98 Å². The SMILES string of the molecule is O=C(CCCC(=O)N1CCCC(Cn2ccnc2)C1)c1ccccc1. The molecule has 1 aromatic heterocycles. The molecule has 2 aromatic rings. The summed E-state index contributed by atoms with van der Waals surface area (Å²) in [6.45, 7) is 2.56. The number of ketones is 1. The first-order chi connectivity index (χ1) is 12.2. The normalized spacial score (nSPS) is 17.4. The first kappa shape index (κ1) is 17.4. The number of carbonyl (C=O) groups excluding carboxylic acids is 2. The van der Waals surface area contributed by atoms with Crippen molar-refractivity contribution in [3.05, 3.63) is 54.6 Å². The Hall–Kier alpha value is -2.43. The summed E-state index contributed by atoms with van der Waals surface area (Å²) in [4.78, 5) is 30.6. The lowest BCUT2D eigenvalue weighted by Gasteiger charge is -2.33. The second kappa shape index (κ2) is 8.60. The smallest absolute Gasteiger partial charge is 0.222 e. The molecule has 0 N–H and O–H groups in total. The molecular formula is C20H25N3O2. The van der Waals surface area contributed by atoms with Gasteiger partial charge in [0, 0.05) is 50.4 Å². The van der Waals surface area contributed by atoms with E-state index in [4.69, 9.17) is 0 Å². The van der Waals surface area contributed by atoms with Gasteiger partial charge in [-0.1, -0.05) is 30.3 Å². The molecule has 25 heavy (non-hydrogen) atoms. The lowest BCUT2D eigenvalue weighted by Crippen LogP contribution is -2.41. The van der Waals surface area contributed by atoms with Crippen molar-refractivity contribution in [1.82, 2.24) is 14.5 Å². The number of piperidine rings is 1. The van der Waals surface area contributed by atoms with Gasteiger partial charge in [-0.05, 0) is 25.2 Å². The zero-order valence-electron chi connectivity index (χ0n) is 14.5. The fourth-order valence-electron chi connectivity index (χ4n) is 3.46. The van der Waals surface area contributed by atoms with Gasteiger partial charge in [0.05, 0.1) is 6.33 Å². The topological polar surface area (TPSA) is 55.2 Å². The first-order valence-electron chi connectivity index (χ1n) is 9.04. The number of hydrogen-bond donors (Lipinski definition) is 0. The van der Waals surface area contributed by atoms with Crippen LogP contribution in [0.15, 0.2) is 49.1 Å². The van der Waals surface area contributed by atoms with Crippen LogP contribution in [-0.4, -0.2) is 39.2 Å². The number of aromatic nitrogens is 2. The van der Waals surface area contributed by atoms with E-state index in [0.717, 1.165) is 38.0 Å². The van der Waals surface area contributed by atoms with E-state index in [1.807, 2.05) is 47.8 Å². The van der Waals surface area contributed by atoms with E-state index in [-0.39, 0.29) is 11.7 Å². The third kappa shape index (κ3) is 5.02. The summed E-state index contributed by atoms with van der Waals surface area (Å²) in [5.41, 5.74) is 0.730. The molecule has 5 heteroatoms. The Morgan fingerprint density at radius 2 is 2.00 bits per heavy atom. The highest BCUT2D eigenvalue weighted by Gasteiger charge is 2.23. The summed E-state index contributed by atoms with van der Waals surface area (Å²) in [5.74, 6) is 0.777. The van der Waals surface area contributed by atoms with E-state index in [1.54, 1.807) is 6.20 Å². The Morgan fingerprint density at radius 1 is 1.16 bits per heavy atom. The van der Waals surface area contributed by atoms with Crippen molar-refractivity contribution in [1.29, 1.82) is 0 Å². The molecule has 1 aliphatic heterocycles. The van der Waals surface area contributed by atoms with Crippen molar-refractivity contribution >= 4 is 11.7 Å². The summed E-state index contributed by atoms with van der Waals surface area (Å²) in [6, 6.07) is 9.29. The zero-order chi connectivity index (χ0) is 17.5. The second-order valence-corrected chi connectivity index (χ2v) is 6.75. The average molecular weight is 339 g/mol. The van der Waals surface area contributed by atoms with Gasteiger partial charge in [-0.2, -0.15) is 0 Å². The van der Waals surface area contributed by atoms with Gasteiger partial charge in [0.2, 0.25) is 5.91 Å². The summed E-state index contributed by atoms with van der Waals surface area (Å²) >= 11 is 0. The van der Waals surface area contributed by atoms with Crippen LogP contribution in [0.5, 0.6) is 0 Å². The average Bonchev–Trinajstić information content (AvgIpc) is 3.15. The third-order valence-electron chi connectivity index (χ3n) is 4.79. The van der Waals surface area contributed by atoms with Crippen LogP contribution in [0.2, 0.25) is 0 Å². The van der Waals surface area contributed by atoms with Gasteiger partial charge in [0.15, 0.2) is 5.78 Å². The number of nitrogens with zero attached hydrogens (tertiary/aromatic N) is 3. The highest BCUT2D eigenvalue weighted by Crippen LogP contribution is 2.19. The summed E-state index contributed by atoms with van der Waals surface area (Å²) < 4.78 is 2.08. The molecule has 1 unspecified atom stereocenters. The lowest BCUT2D eigenvalue weighted by atomic mass is 9.97. The maximum absolute atomic E-state index is 12.5. The minimum atomic E-state index is 0.116. The molecule has 0 saturated carbocycles. The molecule has 132 valence electrons. The van der Waals surface area contributed by atoms with Crippen molar-refractivity contribution in [3.8, 4) is 0 Å². The largest absolute Gasteiger partial charge is 0.342 e. The number of imidazole rings is 1.